The Morgan fingerprint density at radius 3 is 2.22 bits per heavy atom. The fraction of sp³-hybridized carbons (Fsp3) is 0.207. The number of nitrogens with zero attached hydrogens (tertiary/aromatic N) is 2. The number of benzene rings is 3. The van der Waals surface area contributed by atoms with Crippen LogP contribution in [0.1, 0.15) is 36.2 Å². The summed E-state index contributed by atoms with van der Waals surface area (Å²) in [5.74, 6) is -1.51. The van der Waals surface area contributed by atoms with E-state index in [-0.39, 0.29) is 23.6 Å². The van der Waals surface area contributed by atoms with Crippen molar-refractivity contribution in [1.29, 1.82) is 0 Å². The van der Waals surface area contributed by atoms with Crippen LogP contribution in [-0.2, 0) is 14.3 Å². The minimum absolute atomic E-state index is 0.177. The number of carbonyl (C=O) groups excluding carboxylic acids is 3. The molecule has 0 saturated heterocycles. The van der Waals surface area contributed by atoms with Crippen LogP contribution in [0.4, 0.5) is 11.4 Å². The molecule has 0 bridgehead atoms. The Hall–Kier alpha value is -3.84. The SMILES string of the molecule is CCCOC(=O)c1ccccc1N1C(=O)C(Sc2ccc(C)cc2)=C(N(CC)c2ccccc2)C1=O. The molecule has 0 saturated carbocycles. The molecule has 3 aromatic carbocycles. The monoisotopic (exact) mass is 500 g/mol. The molecule has 6 nitrogen and oxygen atoms in total. The molecule has 36 heavy (non-hydrogen) atoms. The second-order valence-corrected chi connectivity index (χ2v) is 9.36. The first-order valence-electron chi connectivity index (χ1n) is 11.9. The molecule has 1 aliphatic heterocycles. The number of para-hydroxylation sites is 2. The van der Waals surface area contributed by atoms with Crippen molar-refractivity contribution in [1.82, 2.24) is 0 Å². The van der Waals surface area contributed by atoms with Crippen molar-refractivity contribution >= 4 is 40.9 Å². The highest BCUT2D eigenvalue weighted by Crippen LogP contribution is 2.41. The van der Waals surface area contributed by atoms with Crippen LogP contribution in [-0.4, -0.2) is 30.9 Å². The van der Waals surface area contributed by atoms with E-state index in [2.05, 4.69) is 0 Å². The fourth-order valence-electron chi connectivity index (χ4n) is 3.96. The first-order chi connectivity index (χ1) is 17.5. The Bertz CT molecular complexity index is 1300. The van der Waals surface area contributed by atoms with Crippen molar-refractivity contribution in [2.45, 2.75) is 32.1 Å². The molecule has 0 aromatic heterocycles. The van der Waals surface area contributed by atoms with Gasteiger partial charge in [0.25, 0.3) is 11.8 Å². The molecule has 0 radical (unpaired) electrons. The van der Waals surface area contributed by atoms with Crippen LogP contribution in [0.5, 0.6) is 0 Å². The van der Waals surface area contributed by atoms with Gasteiger partial charge >= 0.3 is 5.97 Å². The molecule has 0 unspecified atom stereocenters. The predicted molar refractivity (Wildman–Crippen MR) is 143 cm³/mol. The van der Waals surface area contributed by atoms with E-state index in [1.54, 1.807) is 24.3 Å². The smallest absolute Gasteiger partial charge is 0.340 e. The Morgan fingerprint density at radius 2 is 1.56 bits per heavy atom. The van der Waals surface area contributed by atoms with E-state index in [0.717, 1.165) is 21.0 Å². The van der Waals surface area contributed by atoms with E-state index in [4.69, 9.17) is 4.74 Å². The lowest BCUT2D eigenvalue weighted by Crippen LogP contribution is -2.36. The highest BCUT2D eigenvalue weighted by Gasteiger charge is 2.43. The number of imide groups is 1. The summed E-state index contributed by atoms with van der Waals surface area (Å²) in [5.41, 5.74) is 2.58. The van der Waals surface area contributed by atoms with Gasteiger partial charge < -0.3 is 9.64 Å². The van der Waals surface area contributed by atoms with Crippen LogP contribution in [0, 0.1) is 6.92 Å². The van der Waals surface area contributed by atoms with Gasteiger partial charge in [-0.1, -0.05) is 66.7 Å². The number of aryl methyl sites for hydroxylation is 1. The maximum Gasteiger partial charge on any atom is 0.340 e. The lowest BCUT2D eigenvalue weighted by molar-refractivity contribution is -0.120. The Kier molecular flexibility index (Phi) is 7.90. The molecule has 184 valence electrons. The van der Waals surface area contributed by atoms with Gasteiger partial charge in [0.05, 0.1) is 17.9 Å². The summed E-state index contributed by atoms with van der Waals surface area (Å²) in [7, 11) is 0. The number of hydrogen-bond acceptors (Lipinski definition) is 6. The third kappa shape index (κ3) is 5.06. The second kappa shape index (κ2) is 11.3. The molecule has 2 amide bonds. The van der Waals surface area contributed by atoms with Crippen molar-refractivity contribution in [3.05, 3.63) is 101 Å². The van der Waals surface area contributed by atoms with Crippen LogP contribution in [0.25, 0.3) is 0 Å². The molecule has 7 heteroatoms. The van der Waals surface area contributed by atoms with Gasteiger partial charge in [0.2, 0.25) is 0 Å². The van der Waals surface area contributed by atoms with E-state index in [1.165, 1.54) is 11.8 Å². The zero-order chi connectivity index (χ0) is 25.7. The number of carbonyl (C=O) groups is 3. The molecule has 0 fully saturated rings. The molecule has 0 N–H and O–H groups in total. The van der Waals surface area contributed by atoms with Gasteiger partial charge in [0.1, 0.15) is 10.6 Å². The number of hydrogen-bond donors (Lipinski definition) is 0. The van der Waals surface area contributed by atoms with E-state index < -0.39 is 17.8 Å². The van der Waals surface area contributed by atoms with E-state index in [0.29, 0.717) is 17.9 Å². The van der Waals surface area contributed by atoms with Crippen LogP contribution < -0.4 is 9.80 Å². The van der Waals surface area contributed by atoms with Crippen LogP contribution in [0.15, 0.2) is 94.4 Å². The minimum atomic E-state index is -0.565. The highest BCUT2D eigenvalue weighted by atomic mass is 32.2. The van der Waals surface area contributed by atoms with Gasteiger partial charge in [-0.3, -0.25) is 9.59 Å². The van der Waals surface area contributed by atoms with Crippen LogP contribution >= 0.6 is 11.8 Å². The molecule has 3 aromatic rings. The number of rotatable bonds is 9. The normalized spacial score (nSPS) is 13.4. The number of ether oxygens (including phenoxy) is 1. The van der Waals surface area contributed by atoms with E-state index in [1.807, 2.05) is 80.3 Å². The zero-order valence-electron chi connectivity index (χ0n) is 20.6. The van der Waals surface area contributed by atoms with Crippen molar-refractivity contribution in [3.8, 4) is 0 Å². The first kappa shape index (κ1) is 25.3. The van der Waals surface area contributed by atoms with Gasteiger partial charge in [0, 0.05) is 17.1 Å². The minimum Gasteiger partial charge on any atom is -0.462 e. The molecule has 0 spiro atoms. The summed E-state index contributed by atoms with van der Waals surface area (Å²) in [6.45, 7) is 6.56. The van der Waals surface area contributed by atoms with E-state index >= 15 is 0 Å². The standard InChI is InChI=1S/C29H28N2O4S/c1-4-19-35-29(34)23-13-9-10-14-24(23)31-27(32)25(30(5-2)21-11-7-6-8-12-21)26(28(31)33)36-22-17-15-20(3)16-18-22/h6-18H,4-5,19H2,1-3H3. The van der Waals surface area contributed by atoms with Crippen molar-refractivity contribution in [2.75, 3.05) is 23.0 Å². The Labute approximate surface area is 215 Å². The largest absolute Gasteiger partial charge is 0.462 e. The maximum absolute atomic E-state index is 14.0. The fourth-order valence-corrected chi connectivity index (χ4v) is 4.94. The number of anilines is 2. The summed E-state index contributed by atoms with van der Waals surface area (Å²) in [6, 6.07) is 23.9. The van der Waals surface area contributed by atoms with Gasteiger partial charge in [-0.05, 0) is 56.7 Å². The molecular weight excluding hydrogens is 472 g/mol. The quantitative estimate of drug-likeness (QED) is 0.267. The van der Waals surface area contributed by atoms with Gasteiger partial charge in [-0.2, -0.15) is 0 Å². The highest BCUT2D eigenvalue weighted by molar-refractivity contribution is 8.04. The number of thioether (sulfide) groups is 1. The average molecular weight is 501 g/mol. The van der Waals surface area contributed by atoms with Gasteiger partial charge in [-0.15, -0.1) is 0 Å². The molecular formula is C29H28N2O4S. The first-order valence-corrected chi connectivity index (χ1v) is 12.7. The Morgan fingerprint density at radius 1 is 0.889 bits per heavy atom. The number of likely N-dealkylation sites (N-methyl/N-ethyl adjacent to an activating group) is 1. The number of amides is 2. The maximum atomic E-state index is 14.0. The molecule has 4 rings (SSSR count). The molecule has 1 heterocycles. The zero-order valence-corrected chi connectivity index (χ0v) is 21.4. The topological polar surface area (TPSA) is 66.9 Å². The summed E-state index contributed by atoms with van der Waals surface area (Å²) < 4.78 is 5.33. The van der Waals surface area contributed by atoms with Crippen LogP contribution in [0.3, 0.4) is 0 Å². The summed E-state index contributed by atoms with van der Waals surface area (Å²) in [4.78, 5) is 44.7. The lowest BCUT2D eigenvalue weighted by Gasteiger charge is -2.25. The summed E-state index contributed by atoms with van der Waals surface area (Å²) in [5, 5.41) is 0. The predicted octanol–water partition coefficient (Wildman–Crippen LogP) is 5.97. The van der Waals surface area contributed by atoms with Gasteiger partial charge in [0.15, 0.2) is 0 Å². The van der Waals surface area contributed by atoms with Gasteiger partial charge in [-0.25, -0.2) is 9.69 Å². The lowest BCUT2D eigenvalue weighted by atomic mass is 10.1. The van der Waals surface area contributed by atoms with Crippen molar-refractivity contribution < 1.29 is 19.1 Å². The van der Waals surface area contributed by atoms with Crippen molar-refractivity contribution in [2.24, 2.45) is 0 Å². The molecule has 0 aliphatic carbocycles. The van der Waals surface area contributed by atoms with Crippen LogP contribution in [0.2, 0.25) is 0 Å². The molecule has 1 aliphatic rings. The third-order valence-electron chi connectivity index (χ3n) is 5.72. The number of esters is 1. The average Bonchev–Trinajstić information content (AvgIpc) is 3.14. The second-order valence-electron chi connectivity index (χ2n) is 8.27. The third-order valence-corrected chi connectivity index (χ3v) is 6.80. The molecule has 0 atom stereocenters. The summed E-state index contributed by atoms with van der Waals surface area (Å²) >= 11 is 1.25. The van der Waals surface area contributed by atoms with E-state index in [9.17, 15) is 14.4 Å². The van der Waals surface area contributed by atoms with Crippen molar-refractivity contribution in [3.63, 3.8) is 0 Å². The summed E-state index contributed by atoms with van der Waals surface area (Å²) in [6.07, 6.45) is 0.668. The Balaban J connectivity index is 1.82.